The molecule has 0 aliphatic heterocycles. The number of unbranched alkanes of at least 4 members (excludes halogenated alkanes) is 1. The lowest BCUT2D eigenvalue weighted by Gasteiger charge is -2.28. The van der Waals surface area contributed by atoms with Crippen LogP contribution >= 0.6 is 0 Å². The van der Waals surface area contributed by atoms with Gasteiger partial charge in [0.1, 0.15) is 0 Å². The summed E-state index contributed by atoms with van der Waals surface area (Å²) < 4.78 is 33.6. The third-order valence-electron chi connectivity index (χ3n) is 4.66. The largest absolute Gasteiger partial charge is 0.500 e. The number of hydrogen-bond donors (Lipinski definition) is 2. The van der Waals surface area contributed by atoms with E-state index in [1.165, 1.54) is 13.2 Å². The van der Waals surface area contributed by atoms with Crippen LogP contribution in [0.15, 0.2) is 24.3 Å². The summed E-state index contributed by atoms with van der Waals surface area (Å²) in [5.41, 5.74) is 0.692. The number of ether oxygens (including phenoxy) is 3. The molecule has 0 saturated carbocycles. The maximum Gasteiger partial charge on any atom is 0.500 e. The number of nitrogens with one attached hydrogen (secondary N) is 1. The Kier molecular flexibility index (Phi) is 15.5. The van der Waals surface area contributed by atoms with Gasteiger partial charge in [-0.15, -0.1) is 0 Å². The Hall–Kier alpha value is -2.60. The molecule has 10 nitrogen and oxygen atoms in total. The number of methoxy groups -OCH3 is 1. The Labute approximate surface area is 208 Å². The second-order valence-corrected chi connectivity index (χ2v) is 10.0. The van der Waals surface area contributed by atoms with Gasteiger partial charge in [0, 0.05) is 38.5 Å². The van der Waals surface area contributed by atoms with E-state index in [1.54, 1.807) is 18.2 Å². The van der Waals surface area contributed by atoms with Crippen LogP contribution in [-0.4, -0.2) is 72.7 Å². The van der Waals surface area contributed by atoms with Gasteiger partial charge in [0.2, 0.25) is 0 Å². The van der Waals surface area contributed by atoms with E-state index in [-0.39, 0.29) is 6.61 Å². The standard InChI is InChI=1S/C24H39NO9Si/c1-5-32-35(33-6-2,34-7-3)18-10-15-25-24(28)31-17-9-8-16-30-21-13-11-20(12-14-23(26)27)19-22(21)29-4/h11-14,19H,5-10,15-18H2,1-4H3,(H,25,28)(H,26,27)/b14-12+. The first-order valence-electron chi connectivity index (χ1n) is 11.9. The Morgan fingerprint density at radius 1 is 0.971 bits per heavy atom. The van der Waals surface area contributed by atoms with Crippen molar-refractivity contribution in [3.8, 4) is 11.5 Å². The Balaban J connectivity index is 2.26. The van der Waals surface area contributed by atoms with Gasteiger partial charge in [0.25, 0.3) is 0 Å². The maximum atomic E-state index is 11.9. The van der Waals surface area contributed by atoms with Crippen molar-refractivity contribution in [1.82, 2.24) is 5.32 Å². The highest BCUT2D eigenvalue weighted by Crippen LogP contribution is 2.28. The normalized spacial score (nSPS) is 11.4. The number of amides is 1. The number of rotatable bonds is 19. The first-order chi connectivity index (χ1) is 16.9. The smallest absolute Gasteiger partial charge is 0.493 e. The zero-order valence-electron chi connectivity index (χ0n) is 21.2. The molecule has 0 heterocycles. The van der Waals surface area contributed by atoms with Crippen LogP contribution in [0.25, 0.3) is 6.08 Å². The molecule has 0 spiro atoms. The van der Waals surface area contributed by atoms with Crippen molar-refractivity contribution in [3.05, 3.63) is 29.8 Å². The number of benzene rings is 1. The zero-order valence-corrected chi connectivity index (χ0v) is 22.2. The minimum atomic E-state index is -2.70. The highest BCUT2D eigenvalue weighted by atomic mass is 28.4. The number of carbonyl (C=O) groups is 2. The van der Waals surface area contributed by atoms with Crippen molar-refractivity contribution in [2.75, 3.05) is 46.7 Å². The predicted molar refractivity (Wildman–Crippen MR) is 134 cm³/mol. The molecule has 1 rings (SSSR count). The SMILES string of the molecule is CCO[Si](CCCNC(=O)OCCCCOc1ccc(/C=C/C(=O)O)cc1OC)(OCC)OCC. The van der Waals surface area contributed by atoms with Gasteiger partial charge in [-0.1, -0.05) is 6.07 Å². The van der Waals surface area contributed by atoms with E-state index < -0.39 is 20.9 Å². The molecule has 0 aliphatic carbocycles. The fourth-order valence-corrected chi connectivity index (χ4v) is 5.79. The average molecular weight is 514 g/mol. The van der Waals surface area contributed by atoms with Crippen molar-refractivity contribution < 1.29 is 42.2 Å². The molecule has 0 radical (unpaired) electrons. The Morgan fingerprint density at radius 3 is 2.23 bits per heavy atom. The molecule has 0 aliphatic rings. The molecule has 35 heavy (non-hydrogen) atoms. The lowest BCUT2D eigenvalue weighted by molar-refractivity contribution is -0.131. The van der Waals surface area contributed by atoms with Crippen LogP contribution in [0.2, 0.25) is 6.04 Å². The first-order valence-corrected chi connectivity index (χ1v) is 13.9. The predicted octanol–water partition coefficient (Wildman–Crippen LogP) is 4.12. The highest BCUT2D eigenvalue weighted by Gasteiger charge is 2.39. The summed E-state index contributed by atoms with van der Waals surface area (Å²) in [5.74, 6) is 0.0521. The van der Waals surface area contributed by atoms with E-state index in [0.717, 1.165) is 6.08 Å². The number of carboxylic acid groups (broad SMARTS) is 1. The fourth-order valence-electron chi connectivity index (χ4n) is 3.17. The molecule has 0 saturated heterocycles. The fraction of sp³-hybridized carbons (Fsp3) is 0.583. The third-order valence-corrected chi connectivity index (χ3v) is 7.81. The summed E-state index contributed by atoms with van der Waals surface area (Å²) in [4.78, 5) is 22.5. The highest BCUT2D eigenvalue weighted by molar-refractivity contribution is 6.60. The third kappa shape index (κ3) is 12.6. The van der Waals surface area contributed by atoms with E-state index in [4.69, 9.17) is 32.6 Å². The number of alkyl carbamates (subject to hydrolysis) is 1. The molecule has 1 aromatic carbocycles. The number of aliphatic carboxylic acids is 1. The van der Waals surface area contributed by atoms with Crippen molar-refractivity contribution in [1.29, 1.82) is 0 Å². The molecule has 198 valence electrons. The van der Waals surface area contributed by atoms with Gasteiger partial charge in [-0.3, -0.25) is 0 Å². The summed E-state index contributed by atoms with van der Waals surface area (Å²) in [6.07, 6.45) is 4.07. The van der Waals surface area contributed by atoms with Gasteiger partial charge < -0.3 is 37.9 Å². The first kappa shape index (κ1) is 30.4. The molecule has 0 aromatic heterocycles. The molecule has 1 aromatic rings. The molecule has 0 fully saturated rings. The molecular formula is C24H39NO9Si. The summed E-state index contributed by atoms with van der Waals surface area (Å²) in [6, 6.07) is 5.80. The van der Waals surface area contributed by atoms with Gasteiger partial charge >= 0.3 is 20.9 Å². The van der Waals surface area contributed by atoms with Crippen LogP contribution < -0.4 is 14.8 Å². The Morgan fingerprint density at radius 2 is 1.63 bits per heavy atom. The van der Waals surface area contributed by atoms with Crippen LogP contribution in [-0.2, 0) is 22.8 Å². The van der Waals surface area contributed by atoms with Crippen LogP contribution in [0, 0.1) is 0 Å². The molecule has 11 heteroatoms. The van der Waals surface area contributed by atoms with Gasteiger partial charge in [-0.2, -0.15) is 0 Å². The molecule has 0 atom stereocenters. The number of carboxylic acids is 1. The summed E-state index contributed by atoms with van der Waals surface area (Å²) >= 11 is 0. The number of carbonyl (C=O) groups excluding carboxylic acids is 1. The topological polar surface area (TPSA) is 122 Å². The summed E-state index contributed by atoms with van der Waals surface area (Å²) in [7, 11) is -1.18. The summed E-state index contributed by atoms with van der Waals surface area (Å²) in [6.45, 7) is 8.45. The van der Waals surface area contributed by atoms with Crippen LogP contribution in [0.1, 0.15) is 45.6 Å². The second kappa shape index (κ2) is 17.8. The monoisotopic (exact) mass is 513 g/mol. The van der Waals surface area contributed by atoms with E-state index >= 15 is 0 Å². The van der Waals surface area contributed by atoms with E-state index in [0.29, 0.717) is 75.3 Å². The van der Waals surface area contributed by atoms with E-state index in [2.05, 4.69) is 5.32 Å². The number of hydrogen-bond acceptors (Lipinski definition) is 8. The molecule has 0 unspecified atom stereocenters. The second-order valence-electron chi connectivity index (χ2n) is 7.29. The van der Waals surface area contributed by atoms with Gasteiger partial charge in [-0.05, 0) is 63.8 Å². The van der Waals surface area contributed by atoms with Gasteiger partial charge in [-0.25, -0.2) is 9.59 Å². The minimum Gasteiger partial charge on any atom is -0.493 e. The lowest BCUT2D eigenvalue weighted by atomic mass is 10.2. The van der Waals surface area contributed by atoms with Crippen molar-refractivity contribution in [2.45, 2.75) is 46.1 Å². The van der Waals surface area contributed by atoms with Gasteiger partial charge in [0.15, 0.2) is 11.5 Å². The zero-order chi connectivity index (χ0) is 25.9. The van der Waals surface area contributed by atoms with Crippen LogP contribution in [0.5, 0.6) is 11.5 Å². The van der Waals surface area contributed by atoms with Gasteiger partial charge in [0.05, 0.1) is 20.3 Å². The molecular weight excluding hydrogens is 474 g/mol. The van der Waals surface area contributed by atoms with Crippen LogP contribution in [0.4, 0.5) is 4.79 Å². The Bertz CT molecular complexity index is 771. The van der Waals surface area contributed by atoms with Crippen LogP contribution in [0.3, 0.4) is 0 Å². The molecule has 0 bridgehead atoms. The summed E-state index contributed by atoms with van der Waals surface area (Å²) in [5, 5.41) is 11.5. The van der Waals surface area contributed by atoms with Crippen molar-refractivity contribution in [2.24, 2.45) is 0 Å². The minimum absolute atomic E-state index is 0.279. The molecule has 2 N–H and O–H groups in total. The lowest BCUT2D eigenvalue weighted by Crippen LogP contribution is -2.46. The van der Waals surface area contributed by atoms with E-state index in [1.807, 2.05) is 20.8 Å². The quantitative estimate of drug-likeness (QED) is 0.160. The van der Waals surface area contributed by atoms with Crippen molar-refractivity contribution in [3.63, 3.8) is 0 Å². The van der Waals surface area contributed by atoms with Crippen molar-refractivity contribution >= 4 is 26.9 Å². The van der Waals surface area contributed by atoms with E-state index in [9.17, 15) is 9.59 Å². The maximum absolute atomic E-state index is 11.9. The molecule has 1 amide bonds. The average Bonchev–Trinajstić information content (AvgIpc) is 2.83.